The summed E-state index contributed by atoms with van der Waals surface area (Å²) in [5.41, 5.74) is 1.76. The molecule has 0 unspecified atom stereocenters. The number of amides is 2. The summed E-state index contributed by atoms with van der Waals surface area (Å²) in [5.74, 6) is -1.92. The predicted octanol–water partition coefficient (Wildman–Crippen LogP) is 2.49. The van der Waals surface area contributed by atoms with Crippen molar-refractivity contribution in [2.24, 2.45) is 0 Å². The lowest BCUT2D eigenvalue weighted by Gasteiger charge is -2.18. The summed E-state index contributed by atoms with van der Waals surface area (Å²) >= 11 is 6.18. The molecule has 2 aliphatic heterocycles. The van der Waals surface area contributed by atoms with Crippen molar-refractivity contribution in [3.05, 3.63) is 34.7 Å². The van der Waals surface area contributed by atoms with E-state index in [4.69, 9.17) is 12.2 Å². The van der Waals surface area contributed by atoms with Crippen LogP contribution in [0.4, 0.5) is 5.69 Å². The van der Waals surface area contributed by atoms with Crippen molar-refractivity contribution in [1.82, 2.24) is 4.90 Å². The van der Waals surface area contributed by atoms with Crippen LogP contribution in [0.15, 0.2) is 29.2 Å². The Balaban J connectivity index is 2.12. The van der Waals surface area contributed by atoms with E-state index in [-0.39, 0.29) is 15.1 Å². The molecular weight excluding hydrogens is 360 g/mol. The molecule has 1 atom stereocenters. The van der Waals surface area contributed by atoms with Gasteiger partial charge in [-0.3, -0.25) is 14.5 Å². The highest BCUT2D eigenvalue weighted by Crippen LogP contribution is 2.44. The minimum Gasteiger partial charge on any atom is -0.480 e. The van der Waals surface area contributed by atoms with Gasteiger partial charge in [0.2, 0.25) is 0 Å². The van der Waals surface area contributed by atoms with Crippen molar-refractivity contribution in [2.45, 2.75) is 26.3 Å². The minimum absolute atomic E-state index is 0.154. The summed E-state index contributed by atoms with van der Waals surface area (Å²) in [6, 6.07) is 6.21. The Hall–Kier alpha value is -2.19. The van der Waals surface area contributed by atoms with Crippen LogP contribution in [0.5, 0.6) is 0 Å². The van der Waals surface area contributed by atoms with E-state index in [2.05, 4.69) is 0 Å². The molecule has 1 fully saturated rings. The van der Waals surface area contributed by atoms with Gasteiger partial charge in [0.1, 0.15) is 10.4 Å². The van der Waals surface area contributed by atoms with Gasteiger partial charge in [0.05, 0.1) is 16.2 Å². The molecule has 2 aliphatic rings. The molecule has 0 radical (unpaired) electrons. The smallest absolute Gasteiger partial charge is 0.326 e. The zero-order valence-electron chi connectivity index (χ0n) is 13.7. The minimum atomic E-state index is -1.15. The van der Waals surface area contributed by atoms with Gasteiger partial charge in [-0.15, -0.1) is 0 Å². The largest absolute Gasteiger partial charge is 0.480 e. The maximum atomic E-state index is 12.9. The number of hydrogen-bond donors (Lipinski definition) is 1. The molecule has 6 nitrogen and oxygen atoms in total. The van der Waals surface area contributed by atoms with Crippen molar-refractivity contribution >= 4 is 57.3 Å². The number of carboxylic acids is 1. The molecule has 0 aliphatic carbocycles. The molecule has 0 bridgehead atoms. The van der Waals surface area contributed by atoms with E-state index < -0.39 is 17.9 Å². The molecule has 25 heavy (non-hydrogen) atoms. The first-order valence-electron chi connectivity index (χ1n) is 7.82. The third-order valence-corrected chi connectivity index (χ3v) is 5.54. The summed E-state index contributed by atoms with van der Waals surface area (Å²) in [6.07, 6.45) is 0.782. The number of carboxylic acid groups (broad SMARTS) is 1. The Morgan fingerprint density at radius 1 is 1.28 bits per heavy atom. The van der Waals surface area contributed by atoms with Crippen LogP contribution in [0, 0.1) is 0 Å². The van der Waals surface area contributed by atoms with Crippen LogP contribution in [0.1, 0.15) is 25.8 Å². The third-order valence-electron chi connectivity index (χ3n) is 4.14. The number of para-hydroxylation sites is 1. The molecule has 3 rings (SSSR count). The second kappa shape index (κ2) is 6.61. The van der Waals surface area contributed by atoms with Crippen LogP contribution in [0.2, 0.25) is 0 Å². The fourth-order valence-corrected chi connectivity index (χ4v) is 4.41. The average Bonchev–Trinajstić information content (AvgIpc) is 3.01. The van der Waals surface area contributed by atoms with Gasteiger partial charge in [0.25, 0.3) is 11.8 Å². The molecule has 2 heterocycles. The second-order valence-corrected chi connectivity index (χ2v) is 7.38. The van der Waals surface area contributed by atoms with Crippen molar-refractivity contribution in [3.63, 3.8) is 0 Å². The number of benzene rings is 1. The van der Waals surface area contributed by atoms with Gasteiger partial charge in [-0.05, 0) is 19.4 Å². The number of carbonyl (C=O) groups excluding carboxylic acids is 2. The van der Waals surface area contributed by atoms with Crippen molar-refractivity contribution < 1.29 is 19.5 Å². The van der Waals surface area contributed by atoms with Gasteiger partial charge < -0.3 is 10.0 Å². The first-order chi connectivity index (χ1) is 11.9. The van der Waals surface area contributed by atoms with Gasteiger partial charge in [-0.25, -0.2) is 4.79 Å². The van der Waals surface area contributed by atoms with Gasteiger partial charge >= 0.3 is 5.97 Å². The van der Waals surface area contributed by atoms with Crippen LogP contribution in [-0.4, -0.2) is 44.7 Å². The Kier molecular flexibility index (Phi) is 4.66. The average molecular weight is 376 g/mol. The van der Waals surface area contributed by atoms with Crippen LogP contribution >= 0.6 is 24.0 Å². The Labute approximate surface area is 154 Å². The topological polar surface area (TPSA) is 77.9 Å². The van der Waals surface area contributed by atoms with E-state index in [0.717, 1.165) is 28.8 Å². The molecule has 0 spiro atoms. The van der Waals surface area contributed by atoms with Crippen LogP contribution < -0.4 is 4.90 Å². The number of carbonyl (C=O) groups is 3. The number of thiocarbonyl (C=S) groups is 1. The number of rotatable bonds is 4. The highest BCUT2D eigenvalue weighted by atomic mass is 32.2. The number of aliphatic carboxylic acids is 1. The second-order valence-electron chi connectivity index (χ2n) is 5.74. The maximum Gasteiger partial charge on any atom is 0.326 e. The first-order valence-corrected chi connectivity index (χ1v) is 9.04. The number of nitrogens with zero attached hydrogens (tertiary/aromatic N) is 2. The van der Waals surface area contributed by atoms with E-state index in [1.54, 1.807) is 11.0 Å². The Bertz CT molecular complexity index is 834. The quantitative estimate of drug-likeness (QED) is 0.643. The first kappa shape index (κ1) is 17.6. The molecule has 0 aromatic heterocycles. The van der Waals surface area contributed by atoms with Crippen LogP contribution in [-0.2, 0) is 14.4 Å². The fourth-order valence-electron chi connectivity index (χ4n) is 2.92. The summed E-state index contributed by atoms with van der Waals surface area (Å²) in [4.78, 5) is 39.9. The molecular formula is C17H16N2O4S2. The van der Waals surface area contributed by atoms with Gasteiger partial charge in [-0.1, -0.05) is 49.1 Å². The van der Waals surface area contributed by atoms with Crippen molar-refractivity contribution in [1.29, 1.82) is 0 Å². The summed E-state index contributed by atoms with van der Waals surface area (Å²) in [6.45, 7) is 3.92. The third kappa shape index (κ3) is 2.75. The number of fused-ring (bicyclic) bond motifs is 1. The molecule has 1 aromatic rings. The SMILES string of the molecule is CCCN1C(=O)/C(=C2/SC(=S)N([C@H](C)C(=O)O)C2=O)c2ccccc21. The molecule has 130 valence electrons. The van der Waals surface area contributed by atoms with Crippen LogP contribution in [0.3, 0.4) is 0 Å². The molecule has 1 aromatic carbocycles. The van der Waals surface area contributed by atoms with Crippen LogP contribution in [0.25, 0.3) is 5.57 Å². The number of thioether (sulfide) groups is 1. The summed E-state index contributed by atoms with van der Waals surface area (Å²) in [7, 11) is 0. The number of anilines is 1. The van der Waals surface area contributed by atoms with Crippen molar-refractivity contribution in [3.8, 4) is 0 Å². The maximum absolute atomic E-state index is 12.9. The molecule has 1 saturated heterocycles. The summed E-state index contributed by atoms with van der Waals surface area (Å²) in [5, 5.41) is 9.20. The Morgan fingerprint density at radius 2 is 1.96 bits per heavy atom. The zero-order valence-corrected chi connectivity index (χ0v) is 15.3. The molecule has 2 amide bonds. The molecule has 8 heteroatoms. The number of hydrogen-bond acceptors (Lipinski definition) is 5. The lowest BCUT2D eigenvalue weighted by Crippen LogP contribution is -2.41. The van der Waals surface area contributed by atoms with Gasteiger partial charge in [-0.2, -0.15) is 0 Å². The molecule has 0 saturated carbocycles. The van der Waals surface area contributed by atoms with Gasteiger partial charge in [0.15, 0.2) is 0 Å². The normalized spacial score (nSPS) is 21.1. The predicted molar refractivity (Wildman–Crippen MR) is 100 cm³/mol. The summed E-state index contributed by atoms with van der Waals surface area (Å²) < 4.78 is 0.154. The lowest BCUT2D eigenvalue weighted by atomic mass is 10.1. The lowest BCUT2D eigenvalue weighted by molar-refractivity contribution is -0.144. The van der Waals surface area contributed by atoms with E-state index in [0.29, 0.717) is 17.7 Å². The fraction of sp³-hybridized carbons (Fsp3) is 0.294. The van der Waals surface area contributed by atoms with E-state index in [1.165, 1.54) is 6.92 Å². The monoisotopic (exact) mass is 376 g/mol. The van der Waals surface area contributed by atoms with E-state index in [1.807, 2.05) is 25.1 Å². The van der Waals surface area contributed by atoms with E-state index in [9.17, 15) is 19.5 Å². The zero-order chi connectivity index (χ0) is 18.3. The van der Waals surface area contributed by atoms with Crippen molar-refractivity contribution in [2.75, 3.05) is 11.4 Å². The molecule has 1 N–H and O–H groups in total. The highest BCUT2D eigenvalue weighted by Gasteiger charge is 2.44. The Morgan fingerprint density at radius 3 is 2.60 bits per heavy atom. The van der Waals surface area contributed by atoms with Gasteiger partial charge in [0, 0.05) is 12.1 Å². The van der Waals surface area contributed by atoms with E-state index >= 15 is 0 Å². The standard InChI is InChI=1S/C17H16N2O4S2/c1-3-8-18-11-7-5-4-6-10(11)12(14(18)20)13-15(21)19(17(24)25-13)9(2)16(22)23/h4-7,9H,3,8H2,1-2H3,(H,22,23)/b13-12+/t9-/m1/s1. The highest BCUT2D eigenvalue weighted by molar-refractivity contribution is 8.26.